The third-order valence-corrected chi connectivity index (χ3v) is 5.20. The first-order valence-corrected chi connectivity index (χ1v) is 8.26. The quantitative estimate of drug-likeness (QED) is 0.750. The zero-order chi connectivity index (χ0) is 14.7. The topological polar surface area (TPSA) is 78.5 Å². The summed E-state index contributed by atoms with van der Waals surface area (Å²) in [4.78, 5) is 12.0. The van der Waals surface area contributed by atoms with E-state index in [0.717, 1.165) is 0 Å². The second-order valence-electron chi connectivity index (χ2n) is 6.04. The molecule has 0 saturated carbocycles. The first-order valence-electron chi connectivity index (χ1n) is 6.65. The third kappa shape index (κ3) is 4.74. The maximum Gasteiger partial charge on any atom is 0.239 e. The number of sulfonamides is 1. The summed E-state index contributed by atoms with van der Waals surface area (Å²) >= 11 is 0. The standard InChI is InChI=1S/C12H25N3O3S/c1-5-14-11(16)10-8-13-6-7-15(10)19(17,18)9-12(2,3)4/h10,13H,5-9H2,1-4H3,(H,14,16). The predicted octanol–water partition coefficient (Wildman–Crippen LogP) is -0.228. The van der Waals surface area contributed by atoms with Crippen LogP contribution in [0.3, 0.4) is 0 Å². The van der Waals surface area contributed by atoms with Crippen LogP contribution in [0.15, 0.2) is 0 Å². The highest BCUT2D eigenvalue weighted by atomic mass is 32.2. The molecule has 0 bridgehead atoms. The summed E-state index contributed by atoms with van der Waals surface area (Å²) in [5.41, 5.74) is -0.324. The van der Waals surface area contributed by atoms with Crippen molar-refractivity contribution in [2.75, 3.05) is 31.9 Å². The van der Waals surface area contributed by atoms with E-state index in [1.165, 1.54) is 4.31 Å². The van der Waals surface area contributed by atoms with Gasteiger partial charge in [0.1, 0.15) is 6.04 Å². The average Bonchev–Trinajstić information content (AvgIpc) is 2.26. The van der Waals surface area contributed by atoms with E-state index >= 15 is 0 Å². The second kappa shape index (κ2) is 6.19. The highest BCUT2D eigenvalue weighted by Crippen LogP contribution is 2.21. The minimum Gasteiger partial charge on any atom is -0.355 e. The van der Waals surface area contributed by atoms with Crippen molar-refractivity contribution < 1.29 is 13.2 Å². The molecule has 0 aromatic heterocycles. The molecule has 1 atom stereocenters. The Morgan fingerprint density at radius 2 is 2.05 bits per heavy atom. The molecule has 0 radical (unpaired) electrons. The number of rotatable bonds is 4. The number of nitrogens with zero attached hydrogens (tertiary/aromatic N) is 1. The lowest BCUT2D eigenvalue weighted by Crippen LogP contribution is -2.60. The summed E-state index contributed by atoms with van der Waals surface area (Å²) in [7, 11) is -3.42. The van der Waals surface area contributed by atoms with E-state index in [0.29, 0.717) is 26.2 Å². The Kier molecular flexibility index (Phi) is 5.34. The van der Waals surface area contributed by atoms with Gasteiger partial charge in [0.05, 0.1) is 5.75 Å². The zero-order valence-electron chi connectivity index (χ0n) is 12.2. The van der Waals surface area contributed by atoms with Crippen LogP contribution in [0.1, 0.15) is 27.7 Å². The molecule has 1 fully saturated rings. The van der Waals surface area contributed by atoms with Gasteiger partial charge in [0.2, 0.25) is 15.9 Å². The summed E-state index contributed by atoms with van der Waals surface area (Å²) in [6.45, 7) is 9.27. The molecule has 2 N–H and O–H groups in total. The van der Waals surface area contributed by atoms with E-state index in [4.69, 9.17) is 0 Å². The molecule has 112 valence electrons. The van der Waals surface area contributed by atoms with Gasteiger partial charge in [0.15, 0.2) is 0 Å². The Hall–Kier alpha value is -0.660. The van der Waals surface area contributed by atoms with Crippen molar-refractivity contribution in [3.8, 4) is 0 Å². The van der Waals surface area contributed by atoms with E-state index in [1.807, 2.05) is 27.7 Å². The van der Waals surface area contributed by atoms with E-state index < -0.39 is 16.1 Å². The van der Waals surface area contributed by atoms with Crippen molar-refractivity contribution in [3.63, 3.8) is 0 Å². The van der Waals surface area contributed by atoms with E-state index in [9.17, 15) is 13.2 Å². The lowest BCUT2D eigenvalue weighted by atomic mass is 10.0. The first kappa shape index (κ1) is 16.4. The van der Waals surface area contributed by atoms with Crippen molar-refractivity contribution in [1.29, 1.82) is 0 Å². The van der Waals surface area contributed by atoms with Crippen LogP contribution in [0, 0.1) is 5.41 Å². The monoisotopic (exact) mass is 291 g/mol. The largest absolute Gasteiger partial charge is 0.355 e. The number of amides is 1. The minimum absolute atomic E-state index is 0.0515. The molecule has 0 spiro atoms. The molecule has 0 aromatic rings. The number of hydrogen-bond acceptors (Lipinski definition) is 4. The van der Waals surface area contributed by atoms with Crippen molar-refractivity contribution in [2.24, 2.45) is 5.41 Å². The lowest BCUT2D eigenvalue weighted by Gasteiger charge is -2.35. The number of carbonyl (C=O) groups excluding carboxylic acids is 1. The molecule has 6 nitrogen and oxygen atoms in total. The Morgan fingerprint density at radius 1 is 1.42 bits per heavy atom. The fraction of sp³-hybridized carbons (Fsp3) is 0.917. The van der Waals surface area contributed by atoms with Gasteiger partial charge in [-0.3, -0.25) is 4.79 Å². The van der Waals surface area contributed by atoms with Gasteiger partial charge in [0.25, 0.3) is 0 Å². The molecule has 0 aliphatic carbocycles. The zero-order valence-corrected chi connectivity index (χ0v) is 13.0. The normalized spacial score (nSPS) is 22.2. The van der Waals surface area contributed by atoms with Crippen LogP contribution < -0.4 is 10.6 Å². The maximum atomic E-state index is 12.4. The van der Waals surface area contributed by atoms with E-state index in [2.05, 4.69) is 10.6 Å². The average molecular weight is 291 g/mol. The molecule has 7 heteroatoms. The van der Waals surface area contributed by atoms with Crippen molar-refractivity contribution in [1.82, 2.24) is 14.9 Å². The Bertz CT molecular complexity index is 414. The molecule has 1 aliphatic heterocycles. The predicted molar refractivity (Wildman–Crippen MR) is 75.3 cm³/mol. The van der Waals surface area contributed by atoms with Crippen LogP contribution >= 0.6 is 0 Å². The summed E-state index contributed by atoms with van der Waals surface area (Å²) < 4.78 is 26.2. The first-order chi connectivity index (χ1) is 8.67. The molecule has 1 amide bonds. The van der Waals surface area contributed by atoms with Gasteiger partial charge in [-0.05, 0) is 12.3 Å². The number of nitrogens with one attached hydrogen (secondary N) is 2. The fourth-order valence-corrected chi connectivity index (χ4v) is 4.35. The fourth-order valence-electron chi connectivity index (χ4n) is 2.16. The SMILES string of the molecule is CCNC(=O)C1CNCCN1S(=O)(=O)CC(C)(C)C. The van der Waals surface area contributed by atoms with Crippen molar-refractivity contribution in [2.45, 2.75) is 33.7 Å². The highest BCUT2D eigenvalue weighted by Gasteiger charge is 2.38. The van der Waals surface area contributed by atoms with Gasteiger partial charge < -0.3 is 10.6 Å². The third-order valence-electron chi connectivity index (χ3n) is 2.82. The Balaban J connectivity index is 2.90. The smallest absolute Gasteiger partial charge is 0.239 e. The summed E-state index contributed by atoms with van der Waals surface area (Å²) in [5, 5.41) is 5.77. The lowest BCUT2D eigenvalue weighted by molar-refractivity contribution is -0.125. The Labute approximate surface area is 116 Å². The van der Waals surface area contributed by atoms with Crippen LogP contribution in [0.25, 0.3) is 0 Å². The Morgan fingerprint density at radius 3 is 2.58 bits per heavy atom. The number of hydrogen-bond donors (Lipinski definition) is 2. The van der Waals surface area contributed by atoms with Crippen LogP contribution in [-0.2, 0) is 14.8 Å². The molecule has 1 aliphatic rings. The molecule has 1 heterocycles. The van der Waals surface area contributed by atoms with Crippen LogP contribution in [-0.4, -0.2) is 56.6 Å². The number of carbonyl (C=O) groups is 1. The summed E-state index contributed by atoms with van der Waals surface area (Å²) in [6.07, 6.45) is 0. The molecular formula is C12H25N3O3S. The minimum atomic E-state index is -3.42. The molecule has 1 saturated heterocycles. The van der Waals surface area contributed by atoms with Gasteiger partial charge in [-0.1, -0.05) is 20.8 Å². The number of likely N-dealkylation sites (N-methyl/N-ethyl adjacent to an activating group) is 1. The number of piperazine rings is 1. The van der Waals surface area contributed by atoms with Crippen LogP contribution in [0.2, 0.25) is 0 Å². The molecule has 1 unspecified atom stereocenters. The van der Waals surface area contributed by atoms with Crippen molar-refractivity contribution >= 4 is 15.9 Å². The van der Waals surface area contributed by atoms with Gasteiger partial charge in [-0.25, -0.2) is 8.42 Å². The van der Waals surface area contributed by atoms with Crippen LogP contribution in [0.4, 0.5) is 0 Å². The molecule has 1 rings (SSSR count). The molecule has 19 heavy (non-hydrogen) atoms. The summed E-state index contributed by atoms with van der Waals surface area (Å²) in [6, 6.07) is -0.638. The molecular weight excluding hydrogens is 266 g/mol. The maximum absolute atomic E-state index is 12.4. The van der Waals surface area contributed by atoms with E-state index in [1.54, 1.807) is 0 Å². The van der Waals surface area contributed by atoms with Gasteiger partial charge in [-0.15, -0.1) is 0 Å². The van der Waals surface area contributed by atoms with Gasteiger partial charge in [-0.2, -0.15) is 4.31 Å². The van der Waals surface area contributed by atoms with Crippen LogP contribution in [0.5, 0.6) is 0 Å². The summed E-state index contributed by atoms with van der Waals surface area (Å²) in [5.74, 6) is -0.178. The van der Waals surface area contributed by atoms with Gasteiger partial charge in [0, 0.05) is 26.2 Å². The van der Waals surface area contributed by atoms with E-state index in [-0.39, 0.29) is 17.1 Å². The van der Waals surface area contributed by atoms with Gasteiger partial charge >= 0.3 is 0 Å². The molecule has 0 aromatic carbocycles. The second-order valence-corrected chi connectivity index (χ2v) is 7.96. The van der Waals surface area contributed by atoms with Crippen molar-refractivity contribution in [3.05, 3.63) is 0 Å². The highest BCUT2D eigenvalue weighted by molar-refractivity contribution is 7.89.